The Labute approximate surface area is 334 Å². The van der Waals surface area contributed by atoms with E-state index in [1.807, 2.05) is 43.3 Å². The quantitative estimate of drug-likeness (QED) is 0.0205. The van der Waals surface area contributed by atoms with E-state index in [1.54, 1.807) is 72.9 Å². The summed E-state index contributed by atoms with van der Waals surface area (Å²) < 4.78 is 47.6. The van der Waals surface area contributed by atoms with Crippen LogP contribution in [-0.4, -0.2) is 46.2 Å². The predicted molar refractivity (Wildman–Crippen MR) is 222 cm³/mol. The lowest BCUT2D eigenvalue weighted by Crippen LogP contribution is -2.32. The molecule has 0 saturated carbocycles. The molecule has 8 N–H and O–H groups in total. The summed E-state index contributed by atoms with van der Waals surface area (Å²) >= 11 is 6.38. The third-order valence-corrected chi connectivity index (χ3v) is 10.7. The van der Waals surface area contributed by atoms with Crippen molar-refractivity contribution in [1.29, 1.82) is 5.41 Å². The van der Waals surface area contributed by atoms with Gasteiger partial charge in [-0.15, -0.1) is 0 Å². The van der Waals surface area contributed by atoms with Crippen molar-refractivity contribution in [2.24, 2.45) is 11.5 Å². The van der Waals surface area contributed by atoms with Gasteiger partial charge >= 0.3 is 13.5 Å². The molecule has 13 nitrogen and oxygen atoms in total. The molecular weight excluding hydrogens is 770 g/mol. The molecule has 0 aliphatic rings. The van der Waals surface area contributed by atoms with Crippen LogP contribution >= 0.6 is 19.4 Å². The number of nitrogens with one attached hydrogen (secondary N) is 4. The van der Waals surface area contributed by atoms with Gasteiger partial charge in [0.15, 0.2) is 11.8 Å². The van der Waals surface area contributed by atoms with Crippen LogP contribution in [0.3, 0.4) is 0 Å². The second kappa shape index (κ2) is 19.1. The first-order valence-electron chi connectivity index (χ1n) is 18.5. The maximum absolute atomic E-state index is 15.5. The number of para-hydroxylation sites is 2. The van der Waals surface area contributed by atoms with Gasteiger partial charge < -0.3 is 36.1 Å². The number of halogens is 2. The standard InChI is InChI=1S/C41H45ClFN8O5P/c1-27(47-20-9-21-48-40(45)46)29-16-18-32(19-17-29)51-25-30-24-37(49-39(30)50-41(51)52)35-22-28(23-36(42)38(35)43)10-8-11-31(44)26-54-57(53,55-33-12-4-2-5-13-33)56-34-14-6-3-7-15-34/h2-7,12-19,22-25,27,31,47H,8-11,20-21,26,44H2,1H3,(H4,45,46,48)(H,49,50,52)/t27-,31+/m0/s1. The molecule has 57 heavy (non-hydrogen) atoms. The minimum absolute atomic E-state index is 0.0464. The third-order valence-electron chi connectivity index (χ3n) is 9.08. The smallest absolute Gasteiger partial charge is 0.395 e. The molecule has 6 aromatic rings. The van der Waals surface area contributed by atoms with Crippen LogP contribution in [-0.2, 0) is 15.5 Å². The molecular formula is C41H45ClFN8O5P. The maximum Gasteiger partial charge on any atom is 0.587 e. The number of benzene rings is 4. The minimum Gasteiger partial charge on any atom is -0.395 e. The van der Waals surface area contributed by atoms with Gasteiger partial charge in [-0.25, -0.2) is 13.8 Å². The highest BCUT2D eigenvalue weighted by Crippen LogP contribution is 2.49. The number of nitrogens with zero attached hydrogens (tertiary/aromatic N) is 2. The highest BCUT2D eigenvalue weighted by molar-refractivity contribution is 7.49. The van der Waals surface area contributed by atoms with Crippen molar-refractivity contribution >= 4 is 36.4 Å². The number of aromatic amines is 1. The van der Waals surface area contributed by atoms with Crippen LogP contribution in [0.5, 0.6) is 11.5 Å². The Hall–Kier alpha value is -5.50. The lowest BCUT2D eigenvalue weighted by molar-refractivity contribution is 0.194. The summed E-state index contributed by atoms with van der Waals surface area (Å²) in [5, 5.41) is 14.0. The summed E-state index contributed by atoms with van der Waals surface area (Å²) in [6.45, 7) is 3.29. The largest absolute Gasteiger partial charge is 0.587 e. The molecule has 0 aliphatic carbocycles. The van der Waals surface area contributed by atoms with Gasteiger partial charge in [-0.2, -0.15) is 4.98 Å². The van der Waals surface area contributed by atoms with E-state index in [4.69, 9.17) is 42.0 Å². The number of phosphoric ester groups is 1. The lowest BCUT2D eigenvalue weighted by Gasteiger charge is -2.21. The molecule has 0 unspecified atom stereocenters. The molecule has 0 bridgehead atoms. The van der Waals surface area contributed by atoms with Gasteiger partial charge in [-0.05, 0) is 105 Å². The van der Waals surface area contributed by atoms with Crippen molar-refractivity contribution in [2.75, 3.05) is 19.7 Å². The first-order valence-corrected chi connectivity index (χ1v) is 20.3. The van der Waals surface area contributed by atoms with Crippen molar-refractivity contribution in [3.8, 4) is 28.4 Å². The Morgan fingerprint density at radius 1 is 0.982 bits per heavy atom. The Morgan fingerprint density at radius 3 is 2.30 bits per heavy atom. The number of fused-ring (bicyclic) bond motifs is 1. The van der Waals surface area contributed by atoms with Crippen LogP contribution in [0.2, 0.25) is 5.02 Å². The number of H-pyrrole nitrogens is 1. The highest BCUT2D eigenvalue weighted by atomic mass is 35.5. The number of aromatic nitrogens is 3. The molecule has 6 rings (SSSR count). The number of aryl methyl sites for hydroxylation is 1. The fourth-order valence-electron chi connectivity index (χ4n) is 6.11. The summed E-state index contributed by atoms with van der Waals surface area (Å²) in [6.07, 6.45) is 4.07. The van der Waals surface area contributed by atoms with Crippen LogP contribution in [0.15, 0.2) is 114 Å². The summed E-state index contributed by atoms with van der Waals surface area (Å²) in [7, 11) is -4.09. The van der Waals surface area contributed by atoms with Crippen LogP contribution in [0.25, 0.3) is 28.0 Å². The minimum atomic E-state index is -4.09. The van der Waals surface area contributed by atoms with E-state index in [-0.39, 0.29) is 29.2 Å². The van der Waals surface area contributed by atoms with Crippen LogP contribution in [0, 0.1) is 11.2 Å². The summed E-state index contributed by atoms with van der Waals surface area (Å²) in [4.78, 5) is 20.4. The Kier molecular flexibility index (Phi) is 13.8. The Morgan fingerprint density at radius 2 is 1.65 bits per heavy atom. The Bertz CT molecular complexity index is 2340. The number of rotatable bonds is 19. The SMILES string of the molecule is C[C@H](NCCCNC(=N)N)c1ccc(-n2cc3cc(-c4cc(CCC[C@@H](N)COP(=O)(Oc5ccccc5)Oc5ccccc5)cc(Cl)c4F)[nH]c3nc2=O)cc1. The summed E-state index contributed by atoms with van der Waals surface area (Å²) in [5.41, 5.74) is 14.6. The fourth-order valence-corrected chi connectivity index (χ4v) is 7.63. The molecule has 2 aromatic heterocycles. The van der Waals surface area contributed by atoms with Crippen molar-refractivity contribution in [1.82, 2.24) is 25.2 Å². The zero-order valence-corrected chi connectivity index (χ0v) is 32.9. The zero-order valence-electron chi connectivity index (χ0n) is 31.3. The van der Waals surface area contributed by atoms with E-state index in [2.05, 4.69) is 20.6 Å². The van der Waals surface area contributed by atoms with Gasteiger partial charge in [0.05, 0.1) is 23.0 Å². The molecule has 2 atom stereocenters. The third kappa shape index (κ3) is 11.3. The molecule has 4 aromatic carbocycles. The highest BCUT2D eigenvalue weighted by Gasteiger charge is 2.31. The molecule has 0 spiro atoms. The van der Waals surface area contributed by atoms with Gasteiger partial charge in [-0.1, -0.05) is 60.1 Å². The molecule has 0 saturated heterocycles. The number of nitrogens with two attached hydrogens (primary N) is 2. The van der Waals surface area contributed by atoms with Gasteiger partial charge in [0, 0.05) is 35.8 Å². The van der Waals surface area contributed by atoms with Crippen LogP contribution in [0.4, 0.5) is 4.39 Å². The van der Waals surface area contributed by atoms with Gasteiger partial charge in [0.25, 0.3) is 0 Å². The van der Waals surface area contributed by atoms with E-state index in [0.717, 1.165) is 24.1 Å². The first kappa shape index (κ1) is 41.1. The molecule has 2 heterocycles. The van der Waals surface area contributed by atoms with Crippen LogP contribution in [0.1, 0.15) is 43.4 Å². The Balaban J connectivity index is 1.08. The van der Waals surface area contributed by atoms with E-state index in [9.17, 15) is 9.36 Å². The van der Waals surface area contributed by atoms with Crippen molar-refractivity contribution in [2.45, 2.75) is 44.7 Å². The summed E-state index contributed by atoms with van der Waals surface area (Å²) in [6, 6.07) is 29.4. The molecule has 298 valence electrons. The van der Waals surface area contributed by atoms with Crippen molar-refractivity contribution < 1.29 is 22.5 Å². The molecule has 0 radical (unpaired) electrons. The monoisotopic (exact) mass is 814 g/mol. The molecule has 0 aliphatic heterocycles. The topological polar surface area (TPSA) is 195 Å². The first-order chi connectivity index (χ1) is 27.5. The van der Waals surface area contributed by atoms with Crippen molar-refractivity contribution in [3.63, 3.8) is 0 Å². The number of hydrogen-bond acceptors (Lipinski definition) is 9. The van der Waals surface area contributed by atoms with E-state index in [1.165, 1.54) is 4.57 Å². The second-order valence-electron chi connectivity index (χ2n) is 13.5. The second-order valence-corrected chi connectivity index (χ2v) is 15.4. The predicted octanol–water partition coefficient (Wildman–Crippen LogP) is 7.63. The van der Waals surface area contributed by atoms with Crippen molar-refractivity contribution in [3.05, 3.63) is 142 Å². The lowest BCUT2D eigenvalue weighted by atomic mass is 10.0. The van der Waals surface area contributed by atoms with Crippen LogP contribution < -0.4 is 36.8 Å². The maximum atomic E-state index is 15.5. The average Bonchev–Trinajstić information content (AvgIpc) is 3.61. The van der Waals surface area contributed by atoms with Gasteiger partial charge in [0.1, 0.15) is 17.1 Å². The average molecular weight is 815 g/mol. The van der Waals surface area contributed by atoms with E-state index < -0.39 is 25.4 Å². The zero-order chi connectivity index (χ0) is 40.4. The number of phosphoric acid groups is 1. The van der Waals surface area contributed by atoms with E-state index >= 15 is 4.39 Å². The molecule has 0 fully saturated rings. The fraction of sp³-hybridized carbons (Fsp3) is 0.244. The molecule has 0 amide bonds. The molecule has 16 heteroatoms. The number of guanidine groups is 1. The van der Waals surface area contributed by atoms with Gasteiger partial charge in [-0.3, -0.25) is 14.5 Å². The van der Waals surface area contributed by atoms with Gasteiger partial charge in [0.2, 0.25) is 0 Å². The summed E-state index contributed by atoms with van der Waals surface area (Å²) in [5.74, 6) is -0.00190. The number of hydrogen-bond donors (Lipinski definition) is 6. The van der Waals surface area contributed by atoms with E-state index in [0.29, 0.717) is 59.7 Å². The normalized spacial score (nSPS) is 12.6.